The minimum absolute atomic E-state index is 0.214. The van der Waals surface area contributed by atoms with Gasteiger partial charge < -0.3 is 5.73 Å². The quantitative estimate of drug-likeness (QED) is 0.865. The minimum Gasteiger partial charge on any atom is -0.327 e. The van der Waals surface area contributed by atoms with Gasteiger partial charge in [-0.2, -0.15) is 5.26 Å². The van der Waals surface area contributed by atoms with Gasteiger partial charge in [-0.25, -0.2) is 4.39 Å². The molecule has 1 aliphatic carbocycles. The van der Waals surface area contributed by atoms with Crippen molar-refractivity contribution in [3.8, 4) is 6.07 Å². The summed E-state index contributed by atoms with van der Waals surface area (Å²) in [4.78, 5) is 12.4. The van der Waals surface area contributed by atoms with Gasteiger partial charge in [-0.3, -0.25) is 4.79 Å². The van der Waals surface area contributed by atoms with E-state index in [1.165, 1.54) is 24.3 Å². The molecule has 1 aromatic rings. The van der Waals surface area contributed by atoms with E-state index < -0.39 is 0 Å². The molecule has 0 saturated carbocycles. The van der Waals surface area contributed by atoms with E-state index >= 15 is 0 Å². The van der Waals surface area contributed by atoms with Crippen LogP contribution in [0.3, 0.4) is 0 Å². The van der Waals surface area contributed by atoms with Crippen molar-refractivity contribution in [2.75, 3.05) is 6.54 Å². The third kappa shape index (κ3) is 4.24. The molecule has 3 nitrogen and oxygen atoms in total. The molecular weight excluding hydrogens is 279 g/mol. The number of halogens is 1. The van der Waals surface area contributed by atoms with Crippen molar-refractivity contribution < 1.29 is 9.18 Å². The summed E-state index contributed by atoms with van der Waals surface area (Å²) in [5.74, 6) is -0.603. The van der Waals surface area contributed by atoms with Crippen LogP contribution in [0.25, 0.3) is 0 Å². The first-order valence-electron chi connectivity index (χ1n) is 7.16. The second-order valence-electron chi connectivity index (χ2n) is 4.37. The summed E-state index contributed by atoms with van der Waals surface area (Å²) in [6, 6.07) is 7.41. The Hall–Kier alpha value is -2.51. The predicted molar refractivity (Wildman–Crippen MR) is 85.6 cm³/mol. The molecule has 4 heteroatoms. The molecule has 0 radical (unpaired) electrons. The number of Topliss-reactive ketones (excluding diaryl/α,β-unsaturated/α-hetero) is 1. The maximum atomic E-state index is 12.9. The van der Waals surface area contributed by atoms with E-state index in [-0.39, 0.29) is 18.1 Å². The van der Waals surface area contributed by atoms with Gasteiger partial charge in [0.2, 0.25) is 0 Å². The standard InChI is InChI=1S/C16H13FN2O.C2H6/c17-14-6-4-12(5-7-14)16(20)15-8-2-11(9-18)1-3-13(15)10-19;1-2/h1-2,4-8H,3,10,19H2;1-2H3. The van der Waals surface area contributed by atoms with Gasteiger partial charge in [-0.05, 0) is 48.4 Å². The Labute approximate surface area is 130 Å². The molecule has 0 aliphatic heterocycles. The van der Waals surface area contributed by atoms with Crippen molar-refractivity contribution in [2.24, 2.45) is 5.73 Å². The van der Waals surface area contributed by atoms with Gasteiger partial charge in [0.15, 0.2) is 5.78 Å². The lowest BCUT2D eigenvalue weighted by molar-refractivity contribution is 0.103. The summed E-state index contributed by atoms with van der Waals surface area (Å²) in [6.07, 6.45) is 5.41. The van der Waals surface area contributed by atoms with Gasteiger partial charge >= 0.3 is 0 Å². The van der Waals surface area contributed by atoms with Crippen molar-refractivity contribution >= 4 is 5.78 Å². The molecule has 0 heterocycles. The average Bonchev–Trinajstić information content (AvgIpc) is 2.78. The highest BCUT2D eigenvalue weighted by Crippen LogP contribution is 2.21. The Morgan fingerprint density at radius 2 is 1.91 bits per heavy atom. The van der Waals surface area contributed by atoms with Crippen molar-refractivity contribution in [2.45, 2.75) is 20.3 Å². The lowest BCUT2D eigenvalue weighted by atomic mass is 9.97. The van der Waals surface area contributed by atoms with Crippen LogP contribution in [0.1, 0.15) is 30.6 Å². The van der Waals surface area contributed by atoms with Crippen LogP contribution >= 0.6 is 0 Å². The van der Waals surface area contributed by atoms with Crippen LogP contribution in [0.2, 0.25) is 0 Å². The van der Waals surface area contributed by atoms with Gasteiger partial charge in [-0.1, -0.05) is 19.9 Å². The third-order valence-corrected chi connectivity index (χ3v) is 3.11. The second-order valence-corrected chi connectivity index (χ2v) is 4.37. The molecule has 0 amide bonds. The molecule has 2 N–H and O–H groups in total. The summed E-state index contributed by atoms with van der Waals surface area (Å²) in [5.41, 5.74) is 7.81. The van der Waals surface area contributed by atoms with E-state index in [0.29, 0.717) is 23.1 Å². The number of nitriles is 1. The Kier molecular flexibility index (Phi) is 6.94. The third-order valence-electron chi connectivity index (χ3n) is 3.11. The molecule has 114 valence electrons. The fourth-order valence-electron chi connectivity index (χ4n) is 1.97. The molecule has 22 heavy (non-hydrogen) atoms. The Balaban J connectivity index is 0.00000116. The maximum absolute atomic E-state index is 12.9. The van der Waals surface area contributed by atoms with E-state index in [1.54, 1.807) is 18.2 Å². The molecule has 1 aromatic carbocycles. The lowest BCUT2D eigenvalue weighted by Gasteiger charge is -2.08. The topological polar surface area (TPSA) is 66.9 Å². The smallest absolute Gasteiger partial charge is 0.193 e. The fraction of sp³-hybridized carbons (Fsp3) is 0.222. The van der Waals surface area contributed by atoms with Gasteiger partial charge in [-0.15, -0.1) is 0 Å². The summed E-state index contributed by atoms with van der Waals surface area (Å²) in [6.45, 7) is 4.24. The number of nitrogens with zero attached hydrogens (tertiary/aromatic N) is 1. The number of hydrogen-bond donors (Lipinski definition) is 1. The molecule has 0 spiro atoms. The van der Waals surface area contributed by atoms with Crippen LogP contribution in [0, 0.1) is 17.1 Å². The van der Waals surface area contributed by atoms with Gasteiger partial charge in [0, 0.05) is 23.3 Å². The number of carbonyl (C=O) groups excluding carboxylic acids is 1. The average molecular weight is 298 g/mol. The van der Waals surface area contributed by atoms with E-state index in [9.17, 15) is 9.18 Å². The zero-order valence-corrected chi connectivity index (χ0v) is 12.8. The summed E-state index contributed by atoms with van der Waals surface area (Å²) >= 11 is 0. The van der Waals surface area contributed by atoms with Crippen LogP contribution in [0.4, 0.5) is 4.39 Å². The van der Waals surface area contributed by atoms with Crippen LogP contribution in [-0.2, 0) is 0 Å². The molecule has 0 atom stereocenters. The number of nitrogens with two attached hydrogens (primary N) is 1. The Morgan fingerprint density at radius 3 is 2.45 bits per heavy atom. The van der Waals surface area contributed by atoms with Crippen molar-refractivity contribution in [1.82, 2.24) is 0 Å². The SMILES string of the molecule is CC.N#CC1=CCC(CN)=C(C(=O)c2ccc(F)cc2)C=C1. The number of ketones is 1. The zero-order valence-electron chi connectivity index (χ0n) is 12.8. The predicted octanol–water partition coefficient (Wildman–Crippen LogP) is 3.70. The minimum atomic E-state index is -0.389. The zero-order chi connectivity index (χ0) is 16.5. The number of benzene rings is 1. The van der Waals surface area contributed by atoms with Gasteiger partial charge in [0.1, 0.15) is 5.82 Å². The monoisotopic (exact) mass is 298 g/mol. The first kappa shape index (κ1) is 17.5. The number of rotatable bonds is 3. The van der Waals surface area contributed by atoms with Crippen LogP contribution in [0.5, 0.6) is 0 Å². The van der Waals surface area contributed by atoms with E-state index in [2.05, 4.69) is 0 Å². The normalized spacial score (nSPS) is 13.5. The summed E-state index contributed by atoms with van der Waals surface area (Å²) < 4.78 is 12.9. The molecule has 0 unspecified atom stereocenters. The van der Waals surface area contributed by atoms with Crippen molar-refractivity contribution in [3.63, 3.8) is 0 Å². The van der Waals surface area contributed by atoms with E-state index in [1.807, 2.05) is 19.9 Å². The van der Waals surface area contributed by atoms with Crippen LogP contribution in [0.15, 0.2) is 59.2 Å². The molecule has 2 rings (SSSR count). The molecule has 1 aliphatic rings. The molecule has 0 fully saturated rings. The summed E-state index contributed by atoms with van der Waals surface area (Å²) in [5, 5.41) is 8.90. The second kappa shape index (κ2) is 8.71. The fourth-order valence-corrected chi connectivity index (χ4v) is 1.97. The molecule has 0 bridgehead atoms. The van der Waals surface area contributed by atoms with Crippen LogP contribution < -0.4 is 5.73 Å². The largest absolute Gasteiger partial charge is 0.327 e. The highest BCUT2D eigenvalue weighted by molar-refractivity contribution is 6.11. The molecule has 0 aromatic heterocycles. The van der Waals surface area contributed by atoms with Crippen LogP contribution in [-0.4, -0.2) is 12.3 Å². The first-order valence-corrected chi connectivity index (χ1v) is 7.16. The number of hydrogen-bond acceptors (Lipinski definition) is 3. The van der Waals surface area contributed by atoms with Gasteiger partial charge in [0.05, 0.1) is 6.07 Å². The highest BCUT2D eigenvalue weighted by atomic mass is 19.1. The Morgan fingerprint density at radius 1 is 1.27 bits per heavy atom. The lowest BCUT2D eigenvalue weighted by Crippen LogP contribution is -2.11. The molecule has 0 saturated heterocycles. The highest BCUT2D eigenvalue weighted by Gasteiger charge is 2.16. The summed E-state index contributed by atoms with van der Waals surface area (Å²) in [7, 11) is 0. The number of carbonyl (C=O) groups is 1. The maximum Gasteiger partial charge on any atom is 0.193 e. The first-order chi connectivity index (χ1) is 10.7. The van der Waals surface area contributed by atoms with Crippen molar-refractivity contribution in [1.29, 1.82) is 5.26 Å². The number of allylic oxidation sites excluding steroid dienone is 5. The van der Waals surface area contributed by atoms with E-state index in [4.69, 9.17) is 11.0 Å². The van der Waals surface area contributed by atoms with Gasteiger partial charge in [0.25, 0.3) is 0 Å². The van der Waals surface area contributed by atoms with E-state index in [0.717, 1.165) is 5.57 Å². The van der Waals surface area contributed by atoms with Crippen molar-refractivity contribution in [3.05, 3.63) is 70.6 Å². The molecular formula is C18H19FN2O. The Bertz CT molecular complexity index is 661.